The maximum absolute atomic E-state index is 4.74. The molecule has 0 fully saturated rings. The van der Waals surface area contributed by atoms with Gasteiger partial charge in [-0.1, -0.05) is 127 Å². The third-order valence-electron chi connectivity index (χ3n) is 10.9. The summed E-state index contributed by atoms with van der Waals surface area (Å²) in [5.41, 5.74) is 3.94. The molecule has 0 saturated heterocycles. The normalized spacial score (nSPS) is 13.9. The van der Waals surface area contributed by atoms with Gasteiger partial charge in [0.2, 0.25) is 0 Å². The van der Waals surface area contributed by atoms with Crippen molar-refractivity contribution in [2.24, 2.45) is 21.1 Å². The van der Waals surface area contributed by atoms with Crippen LogP contribution in [-0.2, 0) is 25.9 Å². The van der Waals surface area contributed by atoms with Gasteiger partial charge in [-0.05, 0) is 86.9 Å². The van der Waals surface area contributed by atoms with Crippen molar-refractivity contribution in [1.29, 1.82) is 0 Å². The van der Waals surface area contributed by atoms with E-state index in [-0.39, 0.29) is 0 Å². The van der Waals surface area contributed by atoms with E-state index in [2.05, 4.69) is 217 Å². The number of anilines is 1. The number of para-hydroxylation sites is 2. The van der Waals surface area contributed by atoms with Gasteiger partial charge in [0, 0.05) is 149 Å². The van der Waals surface area contributed by atoms with Crippen molar-refractivity contribution < 1.29 is 4.74 Å². The Morgan fingerprint density at radius 1 is 0.429 bits per heavy atom. The fourth-order valence-corrected chi connectivity index (χ4v) is 7.09. The van der Waals surface area contributed by atoms with Crippen molar-refractivity contribution in [2.45, 2.75) is 0 Å². The Bertz CT molecular complexity index is 2910. The molecule has 3 aromatic heterocycles. The summed E-state index contributed by atoms with van der Waals surface area (Å²) >= 11 is 0. The molecule has 9 heteroatoms. The number of allylic oxidation sites excluding steroid dienone is 6. The molecule has 0 aliphatic carbocycles. The zero-order chi connectivity index (χ0) is 49.8. The number of aromatic nitrogens is 3. The predicted molar refractivity (Wildman–Crippen MR) is 300 cm³/mol. The fraction of sp³-hybridized carbons (Fsp3) is 0.180. The van der Waals surface area contributed by atoms with Crippen LogP contribution in [0.5, 0.6) is 0 Å². The van der Waals surface area contributed by atoms with Crippen molar-refractivity contribution in [3.8, 4) is 0 Å². The standard InChI is InChI=1S/2C10H11N.2C9H9N.C7H9N.C6H9N.C5H7NO.C5H7N/c1-11-8-4-6-9-5-2-3-7-10(9)11;1-11-7-6-9-4-2-3-5-10(9)8-11;1-10-6-8-4-2-3-5-9(8)7-10;1-10-7-6-8-4-2-3-5-9(8)10;1-8-6-4-2-3-5-7-8;1-7-5-3-2-4-6-7;1-6-2-4-7-5-3-6;1-6-4-2-3-5-6/h2-7H,8H2,1H3;2-6,8H,7H2,1H3;2*2-7H,1H3;2-7H,1H3;2-5H,6H2,1H3;2-5H,1H3;2-5H,1H3. The van der Waals surface area contributed by atoms with Crippen LogP contribution in [0.3, 0.4) is 0 Å². The quantitative estimate of drug-likeness (QED) is 0.151. The zero-order valence-electron chi connectivity index (χ0n) is 42.4. The van der Waals surface area contributed by atoms with Crippen LogP contribution in [0, 0.1) is 0 Å². The summed E-state index contributed by atoms with van der Waals surface area (Å²) in [6, 6.07) is 39.7. The van der Waals surface area contributed by atoms with Crippen molar-refractivity contribution in [2.75, 3.05) is 59.8 Å². The Balaban J connectivity index is 0.000000150. The third kappa shape index (κ3) is 19.1. The van der Waals surface area contributed by atoms with Gasteiger partial charge in [0.15, 0.2) is 0 Å². The third-order valence-corrected chi connectivity index (χ3v) is 10.9. The van der Waals surface area contributed by atoms with E-state index in [1.807, 2.05) is 122 Å². The lowest BCUT2D eigenvalue weighted by Crippen LogP contribution is -2.33. The van der Waals surface area contributed by atoms with Gasteiger partial charge < -0.3 is 42.9 Å². The van der Waals surface area contributed by atoms with Crippen LogP contribution in [0.2, 0.25) is 0 Å². The van der Waals surface area contributed by atoms with E-state index >= 15 is 0 Å². The molecule has 0 amide bonds. The Kier molecular flexibility index (Phi) is 22.2. The summed E-state index contributed by atoms with van der Waals surface area (Å²) in [4.78, 5) is 10.5. The molecule has 0 atom stereocenters. The predicted octanol–water partition coefficient (Wildman–Crippen LogP) is 11.1. The van der Waals surface area contributed by atoms with Crippen LogP contribution < -0.4 is 15.3 Å². The summed E-state index contributed by atoms with van der Waals surface area (Å²) in [5.74, 6) is 0. The second-order valence-corrected chi connectivity index (χ2v) is 16.9. The summed E-state index contributed by atoms with van der Waals surface area (Å²) in [6.45, 7) is 3.10. The van der Waals surface area contributed by atoms with E-state index in [1.165, 1.54) is 43.4 Å². The van der Waals surface area contributed by atoms with Gasteiger partial charge in [-0.15, -0.1) is 0 Å². The highest BCUT2D eigenvalue weighted by molar-refractivity contribution is 5.82. The van der Waals surface area contributed by atoms with Crippen LogP contribution in [0.15, 0.2) is 238 Å². The molecule has 7 aromatic rings. The second-order valence-electron chi connectivity index (χ2n) is 16.9. The van der Waals surface area contributed by atoms with Gasteiger partial charge in [-0.3, -0.25) is 0 Å². The maximum atomic E-state index is 4.74. The first kappa shape index (κ1) is 52.7. The first-order chi connectivity index (χ1) is 34.0. The van der Waals surface area contributed by atoms with E-state index in [0.717, 1.165) is 19.6 Å². The largest absolute Gasteiger partial charge is 0.470 e. The molecule has 5 aliphatic heterocycles. The lowest BCUT2D eigenvalue weighted by Gasteiger charge is -2.22. The van der Waals surface area contributed by atoms with Crippen LogP contribution in [0.1, 0.15) is 5.56 Å². The van der Waals surface area contributed by atoms with E-state index < -0.39 is 0 Å². The molecule has 362 valence electrons. The summed E-state index contributed by atoms with van der Waals surface area (Å²) in [7, 11) is 16.3. The average Bonchev–Trinajstić information content (AvgIpc) is 4.08. The summed E-state index contributed by atoms with van der Waals surface area (Å²) < 4.78 is 10.9. The molecule has 0 unspecified atom stereocenters. The first-order valence-corrected chi connectivity index (χ1v) is 23.6. The number of aryl methyl sites for hydroxylation is 3. The molecule has 9 nitrogen and oxygen atoms in total. The first-order valence-electron chi connectivity index (χ1n) is 23.6. The van der Waals surface area contributed by atoms with Gasteiger partial charge in [0.1, 0.15) is 12.5 Å². The minimum Gasteiger partial charge on any atom is -0.470 e. The van der Waals surface area contributed by atoms with Gasteiger partial charge in [0.05, 0.1) is 0 Å². The number of benzene rings is 4. The van der Waals surface area contributed by atoms with Gasteiger partial charge >= 0.3 is 0 Å². The molecule has 0 N–H and O–H groups in total. The number of likely N-dealkylation sites (N-methyl/N-ethyl adjacent to an activating group) is 2. The lowest BCUT2D eigenvalue weighted by atomic mass is 10.1. The van der Waals surface area contributed by atoms with Crippen molar-refractivity contribution in [3.63, 3.8) is 0 Å². The minimum atomic E-state index is 1.02. The van der Waals surface area contributed by atoms with Crippen molar-refractivity contribution in [1.82, 2.24) is 33.3 Å². The van der Waals surface area contributed by atoms with E-state index in [9.17, 15) is 0 Å². The Morgan fingerprint density at radius 2 is 1.01 bits per heavy atom. The minimum absolute atomic E-state index is 1.02. The van der Waals surface area contributed by atoms with Crippen LogP contribution in [0.25, 0.3) is 40.0 Å². The molecule has 0 spiro atoms. The fourth-order valence-electron chi connectivity index (χ4n) is 7.09. The average molecular weight is 933 g/mol. The number of ether oxygens (including phenoxy) is 1. The molecular formula is C61H72N8O. The molecule has 0 saturated carbocycles. The van der Waals surface area contributed by atoms with Crippen LogP contribution >= 0.6 is 0 Å². The molecule has 4 aromatic carbocycles. The van der Waals surface area contributed by atoms with E-state index in [0.29, 0.717) is 0 Å². The number of fused-ring (bicyclic) bond motifs is 4. The molecule has 0 radical (unpaired) electrons. The van der Waals surface area contributed by atoms with E-state index in [4.69, 9.17) is 4.74 Å². The Morgan fingerprint density at radius 3 is 1.57 bits per heavy atom. The number of hydrogen-bond donors (Lipinski definition) is 0. The van der Waals surface area contributed by atoms with Crippen molar-refractivity contribution in [3.05, 3.63) is 254 Å². The molecule has 70 heavy (non-hydrogen) atoms. The van der Waals surface area contributed by atoms with Gasteiger partial charge in [0.25, 0.3) is 0 Å². The van der Waals surface area contributed by atoms with E-state index in [1.54, 1.807) is 12.5 Å². The summed E-state index contributed by atoms with van der Waals surface area (Å²) in [5, 5.41) is 6.60. The van der Waals surface area contributed by atoms with Gasteiger partial charge in [-0.2, -0.15) is 0 Å². The van der Waals surface area contributed by atoms with Crippen molar-refractivity contribution >= 4 is 45.7 Å². The lowest BCUT2D eigenvalue weighted by molar-refractivity contribution is 0.361. The number of nitrogens with zero attached hydrogens (tertiary/aromatic N) is 8. The molecule has 12 rings (SSSR count). The SMILES string of the molecule is CN1C=CC=CC1.CN1C=CC=CC=C1.CN1C=COC=C1.CN1C=c2ccccc2=CC1.CN1CC=Cc2ccccc21.Cn1cc2ccccc2c1.Cn1ccc2ccccc21.Cn1cccc1. The number of hydrogen-bond acceptors (Lipinski definition) is 6. The maximum Gasteiger partial charge on any atom is 0.106 e. The highest BCUT2D eigenvalue weighted by Crippen LogP contribution is 2.23. The smallest absolute Gasteiger partial charge is 0.106 e. The Labute approximate surface area is 417 Å². The van der Waals surface area contributed by atoms with Crippen LogP contribution in [0.4, 0.5) is 5.69 Å². The monoisotopic (exact) mass is 933 g/mol. The molecule has 8 heterocycles. The second kappa shape index (κ2) is 29.5. The summed E-state index contributed by atoms with van der Waals surface area (Å²) in [6.07, 6.45) is 46.3. The number of rotatable bonds is 0. The highest BCUT2D eigenvalue weighted by Gasteiger charge is 2.06. The topological polar surface area (TPSA) is 40.2 Å². The highest BCUT2D eigenvalue weighted by atomic mass is 16.5. The van der Waals surface area contributed by atoms with Gasteiger partial charge in [-0.25, -0.2) is 0 Å². The molecule has 5 aliphatic rings. The molecule has 0 bridgehead atoms. The molecular weight excluding hydrogens is 861 g/mol. The van der Waals surface area contributed by atoms with Crippen LogP contribution in [-0.4, -0.2) is 88.2 Å². The zero-order valence-corrected chi connectivity index (χ0v) is 42.4. The Hall–Kier alpha value is -8.30.